The van der Waals surface area contributed by atoms with Gasteiger partial charge in [0.1, 0.15) is 5.56 Å². The number of carbonyl (C=O) groups is 1. The largest absolute Gasteiger partial charge is 0.350 e. The second-order valence-electron chi connectivity index (χ2n) is 5.56. The summed E-state index contributed by atoms with van der Waals surface area (Å²) in [6.07, 6.45) is 2.74. The molecule has 1 aromatic carbocycles. The summed E-state index contributed by atoms with van der Waals surface area (Å²) in [7, 11) is 0. The normalized spacial score (nSPS) is 12.7. The third-order valence-corrected chi connectivity index (χ3v) is 3.98. The van der Waals surface area contributed by atoms with E-state index in [0.717, 1.165) is 30.5 Å². The van der Waals surface area contributed by atoms with Crippen LogP contribution in [0.4, 0.5) is 5.69 Å². The van der Waals surface area contributed by atoms with Gasteiger partial charge >= 0.3 is 0 Å². The number of nitro groups is 1. The number of hydrogen-bond donors (Lipinski definition) is 1. The van der Waals surface area contributed by atoms with Gasteiger partial charge in [-0.3, -0.25) is 19.7 Å². The van der Waals surface area contributed by atoms with E-state index >= 15 is 0 Å². The van der Waals surface area contributed by atoms with Crippen LogP contribution < -0.4 is 10.9 Å². The Kier molecular flexibility index (Phi) is 4.37. The van der Waals surface area contributed by atoms with E-state index in [4.69, 9.17) is 0 Å². The van der Waals surface area contributed by atoms with Crippen LogP contribution in [0.15, 0.2) is 35.1 Å². The van der Waals surface area contributed by atoms with Crippen LogP contribution in [0, 0.1) is 10.1 Å². The molecular formula is C16H16N4O4. The van der Waals surface area contributed by atoms with Crippen LogP contribution in [0.5, 0.6) is 0 Å². The predicted octanol–water partition coefficient (Wildman–Crippen LogP) is 1.07. The molecule has 1 aliphatic rings. The zero-order valence-electron chi connectivity index (χ0n) is 12.9. The molecule has 0 aliphatic heterocycles. The number of carbonyl (C=O) groups excluding carboxylic acids is 1. The summed E-state index contributed by atoms with van der Waals surface area (Å²) in [6.45, 7) is 0.384. The highest BCUT2D eigenvalue weighted by molar-refractivity contribution is 5.98. The quantitative estimate of drug-likeness (QED) is 0.652. The molecule has 0 unspecified atom stereocenters. The first-order valence-corrected chi connectivity index (χ1v) is 7.68. The first kappa shape index (κ1) is 15.9. The lowest BCUT2D eigenvalue weighted by atomic mass is 10.1. The van der Waals surface area contributed by atoms with Gasteiger partial charge in [-0.25, -0.2) is 4.68 Å². The van der Waals surface area contributed by atoms with Crippen LogP contribution in [0.1, 0.15) is 28.0 Å². The van der Waals surface area contributed by atoms with Gasteiger partial charge < -0.3 is 5.32 Å². The standard InChI is InChI=1S/C16H16N4O4/c21-15-10-11-4-3-6-13(11)18-19(15)9-8-17-16(22)12-5-1-2-7-14(12)20(23)24/h1-2,5,7,10H,3-4,6,8-9H2,(H,17,22). The molecule has 1 aromatic heterocycles. The number of nitro benzene ring substituents is 1. The number of nitrogens with one attached hydrogen (secondary N) is 1. The second kappa shape index (κ2) is 6.61. The Bertz CT molecular complexity index is 859. The van der Waals surface area contributed by atoms with Crippen LogP contribution in [0.3, 0.4) is 0 Å². The topological polar surface area (TPSA) is 107 Å². The van der Waals surface area contributed by atoms with E-state index in [2.05, 4.69) is 10.4 Å². The van der Waals surface area contributed by atoms with Crippen molar-refractivity contribution in [1.29, 1.82) is 0 Å². The maximum Gasteiger partial charge on any atom is 0.282 e. The molecule has 0 atom stereocenters. The van der Waals surface area contributed by atoms with Crippen LogP contribution in [0.25, 0.3) is 0 Å². The van der Waals surface area contributed by atoms with Gasteiger partial charge in [-0.1, -0.05) is 12.1 Å². The molecule has 0 saturated carbocycles. The van der Waals surface area contributed by atoms with E-state index in [1.807, 2.05) is 0 Å². The van der Waals surface area contributed by atoms with Crippen molar-refractivity contribution in [3.05, 3.63) is 67.6 Å². The fourth-order valence-electron chi connectivity index (χ4n) is 2.79. The van der Waals surface area contributed by atoms with Gasteiger partial charge in [-0.2, -0.15) is 5.10 Å². The second-order valence-corrected chi connectivity index (χ2v) is 5.56. The van der Waals surface area contributed by atoms with Crippen LogP contribution in [-0.4, -0.2) is 27.2 Å². The molecule has 3 rings (SSSR count). The van der Waals surface area contributed by atoms with Crippen LogP contribution in [-0.2, 0) is 19.4 Å². The maximum absolute atomic E-state index is 12.1. The number of fused-ring (bicyclic) bond motifs is 1. The Morgan fingerprint density at radius 2 is 2.12 bits per heavy atom. The minimum atomic E-state index is -0.596. The van der Waals surface area contributed by atoms with Gasteiger partial charge in [-0.15, -0.1) is 0 Å². The van der Waals surface area contributed by atoms with Crippen molar-refractivity contribution in [2.75, 3.05) is 6.54 Å². The molecule has 24 heavy (non-hydrogen) atoms. The number of aromatic nitrogens is 2. The van der Waals surface area contributed by atoms with E-state index in [1.165, 1.54) is 22.9 Å². The highest BCUT2D eigenvalue weighted by Gasteiger charge is 2.19. The van der Waals surface area contributed by atoms with E-state index < -0.39 is 10.8 Å². The average Bonchev–Trinajstić information content (AvgIpc) is 3.01. The Labute approximate surface area is 137 Å². The predicted molar refractivity (Wildman–Crippen MR) is 86.0 cm³/mol. The first-order chi connectivity index (χ1) is 11.6. The molecule has 0 fully saturated rings. The lowest BCUT2D eigenvalue weighted by Gasteiger charge is -2.08. The van der Waals surface area contributed by atoms with Crippen molar-refractivity contribution in [2.24, 2.45) is 0 Å². The number of para-hydroxylation sites is 1. The summed E-state index contributed by atoms with van der Waals surface area (Å²) in [5.41, 5.74) is 1.48. The van der Waals surface area contributed by atoms with Crippen molar-refractivity contribution in [3.8, 4) is 0 Å². The summed E-state index contributed by atoms with van der Waals surface area (Å²) >= 11 is 0. The minimum Gasteiger partial charge on any atom is -0.350 e. The number of benzene rings is 1. The molecule has 124 valence electrons. The molecule has 8 heteroatoms. The maximum atomic E-state index is 12.1. The molecule has 0 saturated heterocycles. The third-order valence-electron chi connectivity index (χ3n) is 3.98. The third kappa shape index (κ3) is 3.17. The molecule has 0 radical (unpaired) electrons. The van der Waals surface area contributed by atoms with Gasteiger partial charge in [0.05, 0.1) is 17.2 Å². The van der Waals surface area contributed by atoms with Crippen molar-refractivity contribution in [3.63, 3.8) is 0 Å². The smallest absolute Gasteiger partial charge is 0.282 e. The van der Waals surface area contributed by atoms with Crippen molar-refractivity contribution in [1.82, 2.24) is 15.1 Å². The minimum absolute atomic E-state index is 0.00300. The molecule has 8 nitrogen and oxygen atoms in total. The van der Waals surface area contributed by atoms with Gasteiger partial charge in [0, 0.05) is 18.7 Å². The van der Waals surface area contributed by atoms with Crippen LogP contribution in [0.2, 0.25) is 0 Å². The van der Waals surface area contributed by atoms with Crippen molar-refractivity contribution < 1.29 is 9.72 Å². The van der Waals surface area contributed by atoms with Crippen LogP contribution >= 0.6 is 0 Å². The Morgan fingerprint density at radius 1 is 1.33 bits per heavy atom. The molecule has 1 N–H and O–H groups in total. The van der Waals surface area contributed by atoms with Gasteiger partial charge in [0.2, 0.25) is 0 Å². The number of nitrogens with zero attached hydrogens (tertiary/aromatic N) is 3. The molecule has 0 bridgehead atoms. The van der Waals surface area contributed by atoms with E-state index in [-0.39, 0.29) is 29.9 Å². The fourth-order valence-corrected chi connectivity index (χ4v) is 2.79. The summed E-state index contributed by atoms with van der Waals surface area (Å²) in [4.78, 5) is 34.4. The van der Waals surface area contributed by atoms with Gasteiger partial charge in [-0.05, 0) is 30.9 Å². The summed E-state index contributed by atoms with van der Waals surface area (Å²) in [5.74, 6) is -0.545. The number of rotatable bonds is 5. The molecule has 2 aromatic rings. The lowest BCUT2D eigenvalue weighted by molar-refractivity contribution is -0.385. The molecule has 1 amide bonds. The number of amides is 1. The summed E-state index contributed by atoms with van der Waals surface area (Å²) in [6, 6.07) is 7.34. The van der Waals surface area contributed by atoms with Crippen molar-refractivity contribution in [2.45, 2.75) is 25.8 Å². The van der Waals surface area contributed by atoms with Gasteiger partial charge in [0.15, 0.2) is 0 Å². The number of aryl methyl sites for hydroxylation is 2. The Balaban J connectivity index is 1.66. The summed E-state index contributed by atoms with van der Waals surface area (Å²) in [5, 5.41) is 17.9. The molecule has 1 heterocycles. The zero-order valence-corrected chi connectivity index (χ0v) is 12.9. The molecule has 1 aliphatic carbocycles. The summed E-state index contributed by atoms with van der Waals surface area (Å²) < 4.78 is 1.32. The molecular weight excluding hydrogens is 312 g/mol. The SMILES string of the molecule is O=C(NCCn1nc2c(cc1=O)CCC2)c1ccccc1[N+](=O)[O-]. The highest BCUT2D eigenvalue weighted by Crippen LogP contribution is 2.18. The highest BCUT2D eigenvalue weighted by atomic mass is 16.6. The zero-order chi connectivity index (χ0) is 17.1. The van der Waals surface area contributed by atoms with Gasteiger partial charge in [0.25, 0.3) is 17.2 Å². The monoisotopic (exact) mass is 328 g/mol. The van der Waals surface area contributed by atoms with E-state index in [9.17, 15) is 19.7 Å². The first-order valence-electron chi connectivity index (χ1n) is 7.68. The lowest BCUT2D eigenvalue weighted by Crippen LogP contribution is -2.32. The van der Waals surface area contributed by atoms with Crippen molar-refractivity contribution >= 4 is 11.6 Å². The van der Waals surface area contributed by atoms with E-state index in [0.29, 0.717) is 0 Å². The molecule has 0 spiro atoms. The fraction of sp³-hybridized carbons (Fsp3) is 0.312. The Morgan fingerprint density at radius 3 is 2.92 bits per heavy atom. The van der Waals surface area contributed by atoms with E-state index in [1.54, 1.807) is 12.1 Å². The average molecular weight is 328 g/mol. The Hall–Kier alpha value is -3.03. The number of hydrogen-bond acceptors (Lipinski definition) is 5.